The lowest BCUT2D eigenvalue weighted by molar-refractivity contribution is -0.355. The Kier molecular flexibility index (Phi) is 22.9. The van der Waals surface area contributed by atoms with Gasteiger partial charge in [-0.3, -0.25) is 0 Å². The van der Waals surface area contributed by atoms with Crippen molar-refractivity contribution in [2.75, 3.05) is 26.4 Å². The average Bonchev–Trinajstić information content (AvgIpc) is 3.05. The zero-order valence-electron chi connectivity index (χ0n) is 24.0. The number of ether oxygens (including phenoxy) is 6. The van der Waals surface area contributed by atoms with Crippen molar-refractivity contribution in [3.8, 4) is 0 Å². The smallest absolute Gasteiger partial charge is 0.187 e. The van der Waals surface area contributed by atoms with Crippen molar-refractivity contribution in [2.45, 2.75) is 153 Å². The van der Waals surface area contributed by atoms with Gasteiger partial charge in [-0.15, -0.1) is 0 Å². The lowest BCUT2D eigenvalue weighted by atomic mass is 9.97. The standard InChI is InChI=1S/2C12H22O11.4CH4/c2*13-1-3-5(15)6(16)9(19)12(22-3)23-10-4(2-14)21-11(20)8(18)7(10)17;;;;/h2*3-20H,1-2H2;4*1H4. The van der Waals surface area contributed by atoms with Gasteiger partial charge in [-0.2, -0.15) is 0 Å². The van der Waals surface area contributed by atoms with Crippen molar-refractivity contribution >= 4 is 0 Å². The van der Waals surface area contributed by atoms with Gasteiger partial charge in [-0.25, -0.2) is 0 Å². The van der Waals surface area contributed by atoms with Crippen molar-refractivity contribution in [2.24, 2.45) is 0 Å². The fourth-order valence-corrected chi connectivity index (χ4v) is 5.14. The van der Waals surface area contributed by atoms with E-state index >= 15 is 0 Å². The summed E-state index contributed by atoms with van der Waals surface area (Å²) in [5, 5.41) is 153. The summed E-state index contributed by atoms with van der Waals surface area (Å²) in [6, 6.07) is 0. The maximum atomic E-state index is 9.94. The van der Waals surface area contributed by atoms with Crippen LogP contribution in [0, 0.1) is 0 Å². The van der Waals surface area contributed by atoms with E-state index in [1.807, 2.05) is 0 Å². The van der Waals surface area contributed by atoms with E-state index in [-0.39, 0.29) is 29.7 Å². The minimum absolute atomic E-state index is 0. The molecule has 0 aromatic heterocycles. The van der Waals surface area contributed by atoms with Crippen molar-refractivity contribution < 1.29 is 110 Å². The number of rotatable bonds is 8. The zero-order chi connectivity index (χ0) is 34.6. The molecule has 22 heteroatoms. The van der Waals surface area contributed by atoms with Crippen LogP contribution in [0.2, 0.25) is 0 Å². The van der Waals surface area contributed by atoms with E-state index in [4.69, 9.17) is 38.6 Å². The number of aliphatic hydroxyl groups excluding tert-OH is 16. The molecule has 4 rings (SSSR count). The van der Waals surface area contributed by atoms with Crippen molar-refractivity contribution in [1.82, 2.24) is 0 Å². The van der Waals surface area contributed by atoms with Crippen LogP contribution in [0.4, 0.5) is 0 Å². The molecule has 0 amide bonds. The fraction of sp³-hybridized carbons (Fsp3) is 1.00. The van der Waals surface area contributed by atoms with E-state index in [0.717, 1.165) is 0 Å². The zero-order valence-corrected chi connectivity index (χ0v) is 24.0. The SMILES string of the molecule is C.C.C.C.OCC1OC(OC2C(CO)OC(O)C(O)C2O)C(O)C(O)C1O.OCC1OC(OC2C(CO)OC(O)C(O)C2O)C(O)C(O)C1O. The third-order valence-corrected chi connectivity index (χ3v) is 7.96. The topological polar surface area (TPSA) is 379 Å². The van der Waals surface area contributed by atoms with Crippen LogP contribution in [0.25, 0.3) is 0 Å². The van der Waals surface area contributed by atoms with Crippen LogP contribution in [-0.2, 0) is 28.4 Å². The van der Waals surface area contributed by atoms with Gasteiger partial charge in [0.25, 0.3) is 0 Å². The molecule has 304 valence electrons. The van der Waals surface area contributed by atoms with E-state index in [0.29, 0.717) is 0 Å². The van der Waals surface area contributed by atoms with E-state index in [1.165, 1.54) is 0 Å². The first-order chi connectivity index (χ1) is 21.6. The molecule has 16 N–H and O–H groups in total. The summed E-state index contributed by atoms with van der Waals surface area (Å²) in [4.78, 5) is 0. The Labute approximate surface area is 289 Å². The molecule has 4 aliphatic rings. The Balaban J connectivity index is 0. The van der Waals surface area contributed by atoms with Gasteiger partial charge in [0.05, 0.1) is 26.4 Å². The third-order valence-electron chi connectivity index (χ3n) is 7.96. The maximum Gasteiger partial charge on any atom is 0.187 e. The predicted molar refractivity (Wildman–Crippen MR) is 164 cm³/mol. The second-order valence-electron chi connectivity index (χ2n) is 11.1. The monoisotopic (exact) mass is 748 g/mol. The summed E-state index contributed by atoms with van der Waals surface area (Å²) in [7, 11) is 0. The Morgan fingerprint density at radius 3 is 0.860 bits per heavy atom. The lowest BCUT2D eigenvalue weighted by Gasteiger charge is -2.45. The normalized spacial score (nSPS) is 47.5. The minimum Gasteiger partial charge on any atom is -0.394 e. The van der Waals surface area contributed by atoms with Gasteiger partial charge >= 0.3 is 0 Å². The number of aliphatic hydroxyl groups is 16. The number of hydrogen-bond donors (Lipinski definition) is 16. The quantitative estimate of drug-likeness (QED) is 0.110. The molecule has 22 nitrogen and oxygen atoms in total. The predicted octanol–water partition coefficient (Wildman–Crippen LogP) is -8.25. The van der Waals surface area contributed by atoms with Crippen molar-refractivity contribution in [1.29, 1.82) is 0 Å². The van der Waals surface area contributed by atoms with Crippen LogP contribution in [0.15, 0.2) is 0 Å². The second kappa shape index (κ2) is 22.4. The molecule has 0 spiro atoms. The highest BCUT2D eigenvalue weighted by molar-refractivity contribution is 4.95. The van der Waals surface area contributed by atoms with Gasteiger partial charge in [0.1, 0.15) is 97.7 Å². The molecule has 0 bridgehead atoms. The molecule has 0 radical (unpaired) electrons. The van der Waals surface area contributed by atoms with Gasteiger partial charge in [0.15, 0.2) is 25.2 Å². The minimum atomic E-state index is -1.74. The van der Waals surface area contributed by atoms with Gasteiger partial charge < -0.3 is 110 Å². The van der Waals surface area contributed by atoms with E-state index in [1.54, 1.807) is 0 Å². The van der Waals surface area contributed by atoms with Crippen LogP contribution >= 0.6 is 0 Å². The Morgan fingerprint density at radius 2 is 0.600 bits per heavy atom. The molecule has 0 saturated carbocycles. The summed E-state index contributed by atoms with van der Waals surface area (Å²) in [6.07, 6.45) is -31.1. The highest BCUT2D eigenvalue weighted by atomic mass is 16.7. The molecule has 0 aromatic rings. The molecule has 20 unspecified atom stereocenters. The van der Waals surface area contributed by atoms with E-state index in [9.17, 15) is 71.5 Å². The van der Waals surface area contributed by atoms with Gasteiger partial charge in [0, 0.05) is 0 Å². The highest BCUT2D eigenvalue weighted by Crippen LogP contribution is 2.30. The largest absolute Gasteiger partial charge is 0.394 e. The molecule has 4 aliphatic heterocycles. The summed E-state index contributed by atoms with van der Waals surface area (Å²) in [6.45, 7) is -2.69. The summed E-state index contributed by atoms with van der Waals surface area (Å²) in [5.74, 6) is 0. The van der Waals surface area contributed by atoms with Gasteiger partial charge in [-0.05, 0) is 0 Å². The molecule has 20 atom stereocenters. The van der Waals surface area contributed by atoms with Crippen LogP contribution < -0.4 is 0 Å². The fourth-order valence-electron chi connectivity index (χ4n) is 5.14. The third kappa shape index (κ3) is 11.1. The first-order valence-corrected chi connectivity index (χ1v) is 14.2. The molecule has 4 saturated heterocycles. The van der Waals surface area contributed by atoms with Crippen LogP contribution in [0.1, 0.15) is 29.7 Å². The van der Waals surface area contributed by atoms with Gasteiger partial charge in [-0.1, -0.05) is 29.7 Å². The summed E-state index contributed by atoms with van der Waals surface area (Å²) >= 11 is 0. The van der Waals surface area contributed by atoms with Gasteiger partial charge in [0.2, 0.25) is 0 Å². The van der Waals surface area contributed by atoms with Crippen LogP contribution in [0.3, 0.4) is 0 Å². The Bertz CT molecular complexity index is 830. The van der Waals surface area contributed by atoms with E-state index in [2.05, 4.69) is 0 Å². The summed E-state index contributed by atoms with van der Waals surface area (Å²) < 4.78 is 30.5. The number of hydrogen-bond acceptors (Lipinski definition) is 22. The first kappa shape index (κ1) is 51.2. The van der Waals surface area contributed by atoms with Crippen LogP contribution in [0.5, 0.6) is 0 Å². The van der Waals surface area contributed by atoms with E-state index < -0.39 is 149 Å². The molecule has 4 fully saturated rings. The molecular formula is C28H60O22. The molecule has 50 heavy (non-hydrogen) atoms. The van der Waals surface area contributed by atoms with Crippen LogP contribution in [-0.4, -0.2) is 231 Å². The highest BCUT2D eigenvalue weighted by Gasteiger charge is 2.51. The molecule has 0 aromatic carbocycles. The summed E-state index contributed by atoms with van der Waals surface area (Å²) in [5.41, 5.74) is 0. The maximum absolute atomic E-state index is 9.94. The molecule has 0 aliphatic carbocycles. The molecule has 4 heterocycles. The second-order valence-corrected chi connectivity index (χ2v) is 11.1. The Morgan fingerprint density at radius 1 is 0.320 bits per heavy atom. The molecular weight excluding hydrogens is 688 g/mol. The lowest BCUT2D eigenvalue weighted by Crippen LogP contribution is -2.64. The Hall–Kier alpha value is -0.880. The van der Waals surface area contributed by atoms with Crippen molar-refractivity contribution in [3.63, 3.8) is 0 Å². The first-order valence-electron chi connectivity index (χ1n) is 14.2. The van der Waals surface area contributed by atoms with Crippen molar-refractivity contribution in [3.05, 3.63) is 0 Å². The average molecular weight is 749 g/mol.